The van der Waals surface area contributed by atoms with Gasteiger partial charge in [-0.15, -0.1) is 0 Å². The van der Waals surface area contributed by atoms with Crippen molar-refractivity contribution in [2.45, 2.75) is 6.92 Å². The Hall–Kier alpha value is -3.22. The highest BCUT2D eigenvalue weighted by atomic mass is 16.5. The molecule has 132 valence electrons. The summed E-state index contributed by atoms with van der Waals surface area (Å²) in [6, 6.07) is 9.24. The highest BCUT2D eigenvalue weighted by Gasteiger charge is 2.17. The van der Waals surface area contributed by atoms with Crippen LogP contribution in [0.1, 0.15) is 27.6 Å². The number of hydrogen-bond donors (Lipinski definition) is 1. The van der Waals surface area contributed by atoms with Gasteiger partial charge in [-0.05, 0) is 25.1 Å². The number of amides is 1. The number of carboxylic acid groups (broad SMARTS) is 1. The van der Waals surface area contributed by atoms with Crippen LogP contribution in [0.2, 0.25) is 0 Å². The van der Waals surface area contributed by atoms with Crippen LogP contribution in [-0.2, 0) is 0 Å². The van der Waals surface area contributed by atoms with Crippen LogP contribution in [0.25, 0.3) is 0 Å². The Morgan fingerprint density at radius 3 is 2.28 bits per heavy atom. The normalized spacial score (nSPS) is 10.0. The van der Waals surface area contributed by atoms with Crippen molar-refractivity contribution >= 4 is 17.6 Å². The van der Waals surface area contributed by atoms with Gasteiger partial charge in [0.2, 0.25) is 0 Å². The third-order valence-corrected chi connectivity index (χ3v) is 3.42. The summed E-state index contributed by atoms with van der Waals surface area (Å²) in [7, 11) is 2.86. The minimum absolute atomic E-state index is 0.0382. The highest BCUT2D eigenvalue weighted by Crippen LogP contribution is 2.34. The van der Waals surface area contributed by atoms with E-state index < -0.39 is 11.9 Å². The van der Waals surface area contributed by atoms with Crippen molar-refractivity contribution in [1.29, 1.82) is 0 Å². The molecule has 0 atom stereocenters. The van der Waals surface area contributed by atoms with Crippen LogP contribution in [0.15, 0.2) is 36.4 Å². The molecule has 2 rings (SSSR count). The molecule has 2 aromatic carbocycles. The van der Waals surface area contributed by atoms with E-state index in [1.165, 1.54) is 26.4 Å². The summed E-state index contributed by atoms with van der Waals surface area (Å²) in [5.41, 5.74) is 0.0888. The fraction of sp³-hybridized carbons (Fsp3) is 0.222. The molecule has 0 saturated heterocycles. The average molecular weight is 344 g/mol. The van der Waals surface area contributed by atoms with Crippen LogP contribution < -0.4 is 24.6 Å². The SMILES string of the molecule is CCOc1cc(C(=O)[O-])c(NC(=O)c2ccccc2OC)cc1OC. The third kappa shape index (κ3) is 4.00. The second-order valence-electron chi connectivity index (χ2n) is 4.92. The molecule has 0 aromatic heterocycles. The number of para-hydroxylation sites is 1. The molecule has 0 bridgehead atoms. The number of carboxylic acids is 1. The first-order valence-corrected chi connectivity index (χ1v) is 7.52. The van der Waals surface area contributed by atoms with E-state index in [2.05, 4.69) is 5.32 Å². The molecule has 7 heteroatoms. The monoisotopic (exact) mass is 344 g/mol. The number of benzene rings is 2. The molecule has 2 aromatic rings. The van der Waals surface area contributed by atoms with Crippen molar-refractivity contribution in [3.05, 3.63) is 47.5 Å². The van der Waals surface area contributed by atoms with Gasteiger partial charge in [-0.25, -0.2) is 0 Å². The number of carbonyl (C=O) groups excluding carboxylic acids is 2. The van der Waals surface area contributed by atoms with Crippen molar-refractivity contribution in [3.8, 4) is 17.2 Å². The van der Waals surface area contributed by atoms with Crippen LogP contribution in [0.4, 0.5) is 5.69 Å². The second kappa shape index (κ2) is 8.05. The van der Waals surface area contributed by atoms with Crippen molar-refractivity contribution in [1.82, 2.24) is 0 Å². The number of anilines is 1. The third-order valence-electron chi connectivity index (χ3n) is 3.42. The van der Waals surface area contributed by atoms with Gasteiger partial charge in [0.1, 0.15) is 5.75 Å². The van der Waals surface area contributed by atoms with E-state index in [0.717, 1.165) is 0 Å². The van der Waals surface area contributed by atoms with E-state index in [1.807, 2.05) is 0 Å². The largest absolute Gasteiger partial charge is 0.545 e. The number of hydrogen-bond acceptors (Lipinski definition) is 6. The molecular formula is C18H18NO6-. The number of methoxy groups -OCH3 is 2. The van der Waals surface area contributed by atoms with E-state index >= 15 is 0 Å². The Morgan fingerprint density at radius 2 is 1.68 bits per heavy atom. The molecule has 7 nitrogen and oxygen atoms in total. The average Bonchev–Trinajstić information content (AvgIpc) is 2.62. The second-order valence-corrected chi connectivity index (χ2v) is 4.92. The zero-order valence-corrected chi connectivity index (χ0v) is 14.1. The van der Waals surface area contributed by atoms with Crippen molar-refractivity contribution < 1.29 is 28.9 Å². The van der Waals surface area contributed by atoms with E-state index in [-0.39, 0.29) is 22.6 Å². The van der Waals surface area contributed by atoms with Crippen molar-refractivity contribution in [2.75, 3.05) is 26.1 Å². The summed E-state index contributed by atoms with van der Waals surface area (Å²) in [6.07, 6.45) is 0. The van der Waals surface area contributed by atoms with Crippen LogP contribution in [0.5, 0.6) is 17.2 Å². The summed E-state index contributed by atoms with van der Waals surface area (Å²) in [5.74, 6) is -1.06. The lowest BCUT2D eigenvalue weighted by molar-refractivity contribution is -0.254. The molecule has 0 unspecified atom stereocenters. The van der Waals surface area contributed by atoms with Crippen LogP contribution in [0.3, 0.4) is 0 Å². The van der Waals surface area contributed by atoms with Gasteiger partial charge in [-0.3, -0.25) is 4.79 Å². The Balaban J connectivity index is 2.43. The van der Waals surface area contributed by atoms with Crippen LogP contribution >= 0.6 is 0 Å². The van der Waals surface area contributed by atoms with Gasteiger partial charge in [0, 0.05) is 11.6 Å². The maximum Gasteiger partial charge on any atom is 0.259 e. The van der Waals surface area contributed by atoms with Crippen LogP contribution in [0, 0.1) is 0 Å². The van der Waals surface area contributed by atoms with Crippen molar-refractivity contribution in [2.24, 2.45) is 0 Å². The molecule has 25 heavy (non-hydrogen) atoms. The van der Waals surface area contributed by atoms with Gasteiger partial charge >= 0.3 is 0 Å². The molecule has 0 heterocycles. The fourth-order valence-corrected chi connectivity index (χ4v) is 2.28. The number of carbonyl (C=O) groups is 2. The molecule has 0 saturated carbocycles. The van der Waals surface area contributed by atoms with E-state index in [4.69, 9.17) is 14.2 Å². The fourth-order valence-electron chi connectivity index (χ4n) is 2.28. The lowest BCUT2D eigenvalue weighted by Gasteiger charge is -2.17. The summed E-state index contributed by atoms with van der Waals surface area (Å²) in [4.78, 5) is 23.9. The molecule has 1 N–H and O–H groups in total. The quantitative estimate of drug-likeness (QED) is 0.821. The minimum Gasteiger partial charge on any atom is -0.545 e. The first-order chi connectivity index (χ1) is 12.0. The first-order valence-electron chi connectivity index (χ1n) is 7.52. The summed E-state index contributed by atoms with van der Waals surface area (Å²) >= 11 is 0. The van der Waals surface area contributed by atoms with Gasteiger partial charge in [0.25, 0.3) is 5.91 Å². The van der Waals surface area contributed by atoms with Gasteiger partial charge in [-0.2, -0.15) is 0 Å². The highest BCUT2D eigenvalue weighted by molar-refractivity contribution is 6.09. The maximum atomic E-state index is 12.5. The standard InChI is InChI=1S/C18H19NO6/c1-4-25-16-9-12(18(21)22)13(10-15(16)24-3)19-17(20)11-7-5-6-8-14(11)23-2/h5-10H,4H2,1-3H3,(H,19,20)(H,21,22)/p-1. The zero-order chi connectivity index (χ0) is 18.4. The van der Waals surface area contributed by atoms with E-state index in [9.17, 15) is 14.7 Å². The molecular weight excluding hydrogens is 326 g/mol. The number of nitrogens with one attached hydrogen (secondary N) is 1. The molecule has 0 radical (unpaired) electrons. The molecule has 0 aliphatic rings. The summed E-state index contributed by atoms with van der Waals surface area (Å²) < 4.78 is 15.7. The van der Waals surface area contributed by atoms with Gasteiger partial charge < -0.3 is 29.4 Å². The molecule has 0 fully saturated rings. The Labute approximate surface area is 145 Å². The Morgan fingerprint density at radius 1 is 1.00 bits per heavy atom. The topological polar surface area (TPSA) is 96.9 Å². The zero-order valence-electron chi connectivity index (χ0n) is 14.1. The number of rotatable bonds is 7. The van der Waals surface area contributed by atoms with Crippen LogP contribution in [-0.4, -0.2) is 32.7 Å². The predicted molar refractivity (Wildman–Crippen MR) is 89.4 cm³/mol. The lowest BCUT2D eigenvalue weighted by Crippen LogP contribution is -2.25. The van der Waals surface area contributed by atoms with Gasteiger partial charge in [-0.1, -0.05) is 12.1 Å². The first kappa shape index (κ1) is 18.1. The predicted octanol–water partition coefficient (Wildman–Crippen LogP) is 1.72. The molecule has 0 aliphatic heterocycles. The number of aromatic carboxylic acids is 1. The molecule has 0 spiro atoms. The molecule has 1 amide bonds. The summed E-state index contributed by atoms with van der Waals surface area (Å²) in [6.45, 7) is 2.09. The minimum atomic E-state index is -1.45. The summed E-state index contributed by atoms with van der Waals surface area (Å²) in [5, 5.41) is 14.0. The number of ether oxygens (including phenoxy) is 3. The van der Waals surface area contributed by atoms with Gasteiger partial charge in [0.05, 0.1) is 38.0 Å². The Bertz CT molecular complexity index is 787. The smallest absolute Gasteiger partial charge is 0.259 e. The van der Waals surface area contributed by atoms with Crippen molar-refractivity contribution in [3.63, 3.8) is 0 Å². The Kier molecular flexibility index (Phi) is 5.84. The van der Waals surface area contributed by atoms with E-state index in [1.54, 1.807) is 31.2 Å². The molecule has 0 aliphatic carbocycles. The van der Waals surface area contributed by atoms with Gasteiger partial charge in [0.15, 0.2) is 11.5 Å². The lowest BCUT2D eigenvalue weighted by atomic mass is 10.1. The van der Waals surface area contributed by atoms with E-state index in [0.29, 0.717) is 18.1 Å². The maximum absolute atomic E-state index is 12.5.